The predicted molar refractivity (Wildman–Crippen MR) is 484 cm³/mol. The van der Waals surface area contributed by atoms with Crippen LogP contribution in [0.1, 0.15) is 164 Å². The van der Waals surface area contributed by atoms with Crippen molar-refractivity contribution in [2.45, 2.75) is 168 Å². The molecule has 11 rings (SSSR count). The van der Waals surface area contributed by atoms with Crippen molar-refractivity contribution in [2.75, 3.05) is 54.6 Å². The summed E-state index contributed by atoms with van der Waals surface area (Å²) in [7, 11) is 3.29. The van der Waals surface area contributed by atoms with Gasteiger partial charge in [-0.2, -0.15) is 0 Å². The van der Waals surface area contributed by atoms with Crippen LogP contribution in [0.2, 0.25) is 10.0 Å². The van der Waals surface area contributed by atoms with Crippen molar-refractivity contribution in [3.05, 3.63) is 365 Å². The lowest BCUT2D eigenvalue weighted by molar-refractivity contribution is 0.0827. The third kappa shape index (κ3) is 43.2. The standard InChI is InChI=1S/C19H23NO2.C10H13NO.2C10H14O.C10H14.C9H13NO2S.2C8H9Cl.2C8H10/c1-14-6-4-7-17(13-14)19(21)20-10-5-11-22-18-9-8-15(2)12-16(18)3;1-8-5-4-6-9(7-8)10(12)11(2)3;1-3-9-6-5-7-10(8-9)11-4-2;1-2-3-9-11-10-7-5-4-6-8-10;1-4-10-6-5-8(2)7-9(10)3;1-8-5-4-6-9(7-8)13(11,12)10(2)3;2*1-6-3-4-8(9)7(2)5-6;1-7-4-3-5-8(2)6-7;1-2-8-6-4-3-5-7-8/h4,6-9,12-13H,5,10-11H2,1-3H3,(H,20,21);4-7H,1-3H3;5-8H,3-4H2,1-2H3;4-8H,2-3,9H2,1H3;5-7H,4H2,1-3H3;4-7H,1-3H3;2*3-5H,1-2H3;3-6H,1-2H3;3-7H,2H2,1H3. The molecule has 0 aromatic heterocycles. The largest absolute Gasteiger partial charge is 0.494 e. The number of benzene rings is 11. The molecular weight excluding hydrogens is 1460 g/mol. The highest BCUT2D eigenvalue weighted by Gasteiger charge is 2.16. The third-order valence-corrected chi connectivity index (χ3v) is 19.6. The van der Waals surface area contributed by atoms with Gasteiger partial charge in [0.15, 0.2) is 0 Å². The highest BCUT2D eigenvalue weighted by atomic mass is 35.5. The number of hydrogen-bond donors (Lipinski definition) is 1. The Labute approximate surface area is 692 Å². The average Bonchev–Trinajstić information content (AvgIpc) is 0.825. The molecule has 113 heavy (non-hydrogen) atoms. The Balaban J connectivity index is 0.000000433. The van der Waals surface area contributed by atoms with Crippen LogP contribution in [0.5, 0.6) is 17.2 Å². The summed E-state index contributed by atoms with van der Waals surface area (Å²) in [6.07, 6.45) is 6.46. The van der Waals surface area contributed by atoms with E-state index in [-0.39, 0.29) is 11.8 Å². The van der Waals surface area contributed by atoms with Gasteiger partial charge < -0.3 is 24.4 Å². The molecule has 0 saturated carbocycles. The summed E-state index contributed by atoms with van der Waals surface area (Å²) in [5.74, 6) is 2.89. The molecule has 11 aromatic rings. The molecule has 2 amide bonds. The zero-order valence-corrected chi connectivity index (χ0v) is 74.1. The molecule has 0 unspecified atom stereocenters. The van der Waals surface area contributed by atoms with Crippen molar-refractivity contribution < 1.29 is 32.2 Å². The molecule has 0 aliphatic heterocycles. The van der Waals surface area contributed by atoms with Crippen LogP contribution in [0.15, 0.2) is 260 Å². The fraction of sp³-hybridized carbons (Fsp3) is 0.320. The van der Waals surface area contributed by atoms with Crippen LogP contribution in [0.4, 0.5) is 0 Å². The molecule has 0 spiro atoms. The van der Waals surface area contributed by atoms with E-state index in [1.807, 2.05) is 188 Å². The zero-order valence-electron chi connectivity index (χ0n) is 71.7. The van der Waals surface area contributed by atoms with Crippen molar-refractivity contribution in [1.82, 2.24) is 14.5 Å². The molecule has 0 fully saturated rings. The molecule has 0 aliphatic rings. The average molecular weight is 1590 g/mol. The second-order valence-corrected chi connectivity index (χ2v) is 31.0. The molecule has 10 nitrogen and oxygen atoms in total. The number of sulfonamides is 1. The van der Waals surface area contributed by atoms with Gasteiger partial charge in [-0.05, 0) is 252 Å². The number of carbonyl (C=O) groups excluding carboxylic acids is 2. The van der Waals surface area contributed by atoms with Gasteiger partial charge in [0.05, 0.1) is 24.7 Å². The molecule has 1 N–H and O–H groups in total. The number of hydrogen-bond acceptors (Lipinski definition) is 7. The van der Waals surface area contributed by atoms with Crippen molar-refractivity contribution in [3.8, 4) is 17.2 Å². The molecule has 13 heteroatoms. The highest BCUT2D eigenvalue weighted by molar-refractivity contribution is 7.89. The van der Waals surface area contributed by atoms with Crippen LogP contribution in [-0.4, -0.2) is 84.0 Å². The second kappa shape index (κ2) is 56.5. The fourth-order valence-electron chi connectivity index (χ4n) is 10.6. The van der Waals surface area contributed by atoms with E-state index in [0.29, 0.717) is 23.6 Å². The van der Waals surface area contributed by atoms with Crippen LogP contribution in [0.25, 0.3) is 0 Å². The number of nitrogens with one attached hydrogen (secondary N) is 1. The molecule has 0 radical (unpaired) electrons. The Morgan fingerprint density at radius 2 is 0.796 bits per heavy atom. The maximum Gasteiger partial charge on any atom is 0.253 e. The second-order valence-electron chi connectivity index (χ2n) is 28.0. The Bertz CT molecular complexity index is 4550. The zero-order chi connectivity index (χ0) is 84.3. The summed E-state index contributed by atoms with van der Waals surface area (Å²) < 4.78 is 41.0. The van der Waals surface area contributed by atoms with Crippen LogP contribution in [0.3, 0.4) is 0 Å². The minimum absolute atomic E-state index is 0.0322. The lowest BCUT2D eigenvalue weighted by atomic mass is 10.0. The Hall–Kier alpha value is -9.75. The molecule has 11 aromatic carbocycles. The maximum absolute atomic E-state index is 12.0. The molecule has 0 saturated heterocycles. The number of carbonyl (C=O) groups is 2. The van der Waals surface area contributed by atoms with Crippen LogP contribution >= 0.6 is 23.2 Å². The topological polar surface area (TPSA) is 114 Å². The Morgan fingerprint density at radius 1 is 0.372 bits per heavy atom. The van der Waals surface area contributed by atoms with Crippen molar-refractivity contribution in [2.24, 2.45) is 0 Å². The SMILES string of the molecule is CCCCOc1ccccc1.CCOc1cccc(CC)c1.CCc1ccc(C)cc1C.CCc1ccccc1.Cc1ccc(Cl)c(C)c1.Cc1ccc(Cl)c(C)c1.Cc1cccc(C(=O)N(C)C)c1.Cc1cccc(C(=O)NCCCOc2ccc(C)cc2C)c1.Cc1cccc(C)c1.Cc1cccc(S(=O)(=O)N(C)C)c1. The number of unbranched alkanes of at least 4 members (excludes halogenated alkanes) is 1. The van der Waals surface area contributed by atoms with Crippen LogP contribution in [0, 0.1) is 90.0 Å². The predicted octanol–water partition coefficient (Wildman–Crippen LogP) is 25.6. The quantitative estimate of drug-likeness (QED) is 0.0851. The molecule has 0 heterocycles. The molecule has 0 aliphatic carbocycles. The first-order valence-corrected chi connectivity index (χ1v) is 41.3. The number of rotatable bonds is 18. The van der Waals surface area contributed by atoms with E-state index in [1.54, 1.807) is 37.2 Å². The lowest BCUT2D eigenvalue weighted by Crippen LogP contribution is -2.25. The smallest absolute Gasteiger partial charge is 0.253 e. The molecule has 606 valence electrons. The highest BCUT2D eigenvalue weighted by Crippen LogP contribution is 2.21. The fourth-order valence-corrected chi connectivity index (χ4v) is 11.8. The summed E-state index contributed by atoms with van der Waals surface area (Å²) >= 11 is 11.6. The monoisotopic (exact) mass is 1590 g/mol. The van der Waals surface area contributed by atoms with E-state index >= 15 is 0 Å². The van der Waals surface area contributed by atoms with Crippen molar-refractivity contribution >= 4 is 45.0 Å². The number of aryl methyl sites for hydroxylation is 16. The van der Waals surface area contributed by atoms with E-state index in [1.165, 1.54) is 80.5 Å². The van der Waals surface area contributed by atoms with Gasteiger partial charge in [0, 0.05) is 55.9 Å². The van der Waals surface area contributed by atoms with Crippen molar-refractivity contribution in [1.29, 1.82) is 0 Å². The third-order valence-electron chi connectivity index (χ3n) is 17.0. The van der Waals surface area contributed by atoms with Gasteiger partial charge in [0.2, 0.25) is 10.0 Å². The van der Waals surface area contributed by atoms with Gasteiger partial charge in [0.25, 0.3) is 11.8 Å². The summed E-state index contributed by atoms with van der Waals surface area (Å²) in [6, 6.07) is 83.9. The normalized spacial score (nSPS) is 9.99. The van der Waals surface area contributed by atoms with E-state index in [9.17, 15) is 18.0 Å². The number of amides is 2. The summed E-state index contributed by atoms with van der Waals surface area (Å²) in [4.78, 5) is 25.3. The summed E-state index contributed by atoms with van der Waals surface area (Å²) in [5, 5.41) is 4.61. The first-order valence-electron chi connectivity index (χ1n) is 39.1. The molecule has 0 bridgehead atoms. The van der Waals surface area contributed by atoms with Crippen LogP contribution in [-0.2, 0) is 29.3 Å². The Kier molecular flexibility index (Phi) is 49.6. The van der Waals surface area contributed by atoms with Gasteiger partial charge in [-0.25, -0.2) is 12.7 Å². The number of ether oxygens (including phenoxy) is 3. The van der Waals surface area contributed by atoms with Gasteiger partial charge in [-0.15, -0.1) is 0 Å². The number of nitrogens with zero attached hydrogens (tertiary/aromatic N) is 2. The van der Waals surface area contributed by atoms with Gasteiger partial charge in [0.1, 0.15) is 17.2 Å². The first-order chi connectivity index (χ1) is 53.8. The van der Waals surface area contributed by atoms with E-state index in [4.69, 9.17) is 37.4 Å². The van der Waals surface area contributed by atoms with E-state index in [0.717, 1.165) is 112 Å². The minimum Gasteiger partial charge on any atom is -0.494 e. The van der Waals surface area contributed by atoms with Gasteiger partial charge in [-0.3, -0.25) is 9.59 Å². The molecule has 0 atom stereocenters. The van der Waals surface area contributed by atoms with Crippen LogP contribution < -0.4 is 19.5 Å². The maximum atomic E-state index is 12.0. The lowest BCUT2D eigenvalue weighted by Gasteiger charge is -2.11. The minimum atomic E-state index is -3.27. The summed E-state index contributed by atoms with van der Waals surface area (Å²) in [6.45, 7) is 40.0. The summed E-state index contributed by atoms with van der Waals surface area (Å²) in [5.41, 5.74) is 21.5. The number of para-hydroxylation sites is 1. The molecular formula is C100H129Cl2N3O7S. The van der Waals surface area contributed by atoms with Crippen molar-refractivity contribution in [3.63, 3.8) is 0 Å². The number of halogens is 2. The first kappa shape index (κ1) is 99.3. The Morgan fingerprint density at radius 3 is 1.23 bits per heavy atom. The van der Waals surface area contributed by atoms with Gasteiger partial charge in [-0.1, -0.05) is 278 Å². The van der Waals surface area contributed by atoms with Gasteiger partial charge >= 0.3 is 0 Å². The van der Waals surface area contributed by atoms with E-state index in [2.05, 4.69) is 179 Å². The van der Waals surface area contributed by atoms with E-state index < -0.39 is 10.0 Å².